The molecule has 2 amide bonds. The van der Waals surface area contributed by atoms with Gasteiger partial charge in [-0.25, -0.2) is 9.59 Å². The number of carboxylic acids is 1. The summed E-state index contributed by atoms with van der Waals surface area (Å²) in [6, 6.07) is 4.11. The van der Waals surface area contributed by atoms with Crippen molar-refractivity contribution in [2.45, 2.75) is 0 Å². The van der Waals surface area contributed by atoms with Crippen molar-refractivity contribution in [3.8, 4) is 0 Å². The Morgan fingerprint density at radius 3 is 2.68 bits per heavy atom. The number of nitrogens with one attached hydrogen (secondary N) is 1. The summed E-state index contributed by atoms with van der Waals surface area (Å²) in [5, 5.41) is 11.5. The van der Waals surface area contributed by atoms with Gasteiger partial charge in [0.15, 0.2) is 0 Å². The van der Waals surface area contributed by atoms with E-state index in [0.29, 0.717) is 23.3 Å². The van der Waals surface area contributed by atoms with Crippen molar-refractivity contribution in [3.05, 3.63) is 28.2 Å². The summed E-state index contributed by atoms with van der Waals surface area (Å²) in [4.78, 5) is 24.1. The molecular weight excluding hydrogens is 316 g/mol. The third-order valence-corrected chi connectivity index (χ3v) is 3.09. The predicted octanol–water partition coefficient (Wildman–Crippen LogP) is 2.26. The van der Waals surface area contributed by atoms with Crippen LogP contribution in [0.1, 0.15) is 10.4 Å². The predicted molar refractivity (Wildman–Crippen MR) is 74.6 cm³/mol. The highest BCUT2D eigenvalue weighted by molar-refractivity contribution is 9.10. The number of urea groups is 1. The van der Waals surface area contributed by atoms with Crippen LogP contribution in [0.25, 0.3) is 0 Å². The molecule has 0 aliphatic heterocycles. The number of carbonyl (C=O) groups is 2. The Morgan fingerprint density at radius 2 is 2.16 bits per heavy atom. The average Bonchev–Trinajstić information content (AvgIpc) is 2.37. The first-order valence-electron chi connectivity index (χ1n) is 5.49. The summed E-state index contributed by atoms with van der Waals surface area (Å²) in [6.07, 6.45) is 0. The molecule has 6 nitrogen and oxygen atoms in total. The van der Waals surface area contributed by atoms with Crippen LogP contribution >= 0.6 is 15.9 Å². The number of amides is 2. The van der Waals surface area contributed by atoms with Crippen molar-refractivity contribution in [2.24, 2.45) is 0 Å². The van der Waals surface area contributed by atoms with Crippen LogP contribution in [0, 0.1) is 0 Å². The van der Waals surface area contributed by atoms with E-state index in [1.54, 1.807) is 14.2 Å². The lowest BCUT2D eigenvalue weighted by atomic mass is 10.2. The Balaban J connectivity index is 2.72. The third kappa shape index (κ3) is 4.53. The quantitative estimate of drug-likeness (QED) is 0.867. The smallest absolute Gasteiger partial charge is 0.335 e. The highest BCUT2D eigenvalue weighted by atomic mass is 79.9. The van der Waals surface area contributed by atoms with Crippen LogP contribution < -0.4 is 5.32 Å². The van der Waals surface area contributed by atoms with Gasteiger partial charge < -0.3 is 20.1 Å². The topological polar surface area (TPSA) is 78.9 Å². The van der Waals surface area contributed by atoms with Crippen LogP contribution in [0.3, 0.4) is 0 Å². The molecule has 0 aromatic heterocycles. The van der Waals surface area contributed by atoms with Gasteiger partial charge in [0.1, 0.15) is 0 Å². The van der Waals surface area contributed by atoms with Crippen molar-refractivity contribution in [1.29, 1.82) is 0 Å². The molecule has 0 saturated heterocycles. The van der Waals surface area contributed by atoms with Crippen LogP contribution in [0.4, 0.5) is 10.5 Å². The normalized spacial score (nSPS) is 10.1. The number of halogens is 1. The summed E-state index contributed by atoms with van der Waals surface area (Å²) >= 11 is 3.22. The number of benzene rings is 1. The lowest BCUT2D eigenvalue weighted by molar-refractivity contribution is 0.0697. The minimum atomic E-state index is -1.02. The molecule has 0 unspecified atom stereocenters. The van der Waals surface area contributed by atoms with Crippen LogP contribution in [0.5, 0.6) is 0 Å². The molecule has 0 spiro atoms. The fraction of sp³-hybridized carbons (Fsp3) is 0.333. The minimum absolute atomic E-state index is 0.151. The number of ether oxygens (including phenoxy) is 1. The number of carbonyl (C=O) groups excluding carboxylic acids is 1. The van der Waals surface area contributed by atoms with E-state index in [1.807, 2.05) is 0 Å². The van der Waals surface area contributed by atoms with Crippen molar-refractivity contribution < 1.29 is 19.4 Å². The molecule has 2 N–H and O–H groups in total. The first-order valence-corrected chi connectivity index (χ1v) is 6.29. The van der Waals surface area contributed by atoms with Crippen molar-refractivity contribution >= 4 is 33.6 Å². The summed E-state index contributed by atoms with van der Waals surface area (Å²) in [5.74, 6) is -1.02. The highest BCUT2D eigenvalue weighted by Gasteiger charge is 2.12. The molecular formula is C12H15BrN2O4. The standard InChI is InChI=1S/C12H15BrN2O4/c1-15(5-6-19-2)12(18)14-10-4-3-8(11(16)17)7-9(10)13/h3-4,7H,5-6H2,1-2H3,(H,14,18)(H,16,17). The monoisotopic (exact) mass is 330 g/mol. The van der Waals surface area contributed by atoms with Crippen LogP contribution in [0.15, 0.2) is 22.7 Å². The van der Waals surface area contributed by atoms with Crippen LogP contribution in [-0.2, 0) is 4.74 Å². The maximum Gasteiger partial charge on any atom is 0.335 e. The van der Waals surface area contributed by atoms with E-state index in [0.717, 1.165) is 0 Å². The van der Waals surface area contributed by atoms with Gasteiger partial charge in [-0.15, -0.1) is 0 Å². The number of carboxylic acid groups (broad SMARTS) is 1. The van der Waals surface area contributed by atoms with E-state index in [4.69, 9.17) is 9.84 Å². The van der Waals surface area contributed by atoms with Crippen LogP contribution in [-0.4, -0.2) is 49.3 Å². The molecule has 7 heteroatoms. The second kappa shape index (κ2) is 7.10. The number of hydrogen-bond donors (Lipinski definition) is 2. The van der Waals surface area contributed by atoms with Gasteiger partial charge in [0.2, 0.25) is 0 Å². The first-order chi connectivity index (χ1) is 8.95. The largest absolute Gasteiger partial charge is 0.478 e. The first kappa shape index (κ1) is 15.5. The third-order valence-electron chi connectivity index (χ3n) is 2.44. The van der Waals surface area contributed by atoms with Gasteiger partial charge in [0.05, 0.1) is 17.9 Å². The number of methoxy groups -OCH3 is 1. The Labute approximate surface area is 119 Å². The zero-order chi connectivity index (χ0) is 14.4. The minimum Gasteiger partial charge on any atom is -0.478 e. The highest BCUT2D eigenvalue weighted by Crippen LogP contribution is 2.23. The second-order valence-corrected chi connectivity index (χ2v) is 4.70. The number of rotatable bonds is 5. The van der Waals surface area contributed by atoms with Crippen LogP contribution in [0.2, 0.25) is 0 Å². The fourth-order valence-electron chi connectivity index (χ4n) is 1.29. The Hall–Kier alpha value is -1.60. The van der Waals surface area contributed by atoms with Crippen molar-refractivity contribution in [3.63, 3.8) is 0 Å². The van der Waals surface area contributed by atoms with Gasteiger partial charge >= 0.3 is 12.0 Å². The summed E-state index contributed by atoms with van der Waals surface area (Å²) < 4.78 is 5.40. The number of likely N-dealkylation sites (N-methyl/N-ethyl adjacent to an activating group) is 1. The Kier molecular flexibility index (Phi) is 5.78. The van der Waals surface area contributed by atoms with E-state index >= 15 is 0 Å². The number of aromatic carboxylic acids is 1. The molecule has 104 valence electrons. The van der Waals surface area contributed by atoms with E-state index in [-0.39, 0.29) is 11.6 Å². The van der Waals surface area contributed by atoms with Crippen molar-refractivity contribution in [1.82, 2.24) is 4.90 Å². The number of hydrogen-bond acceptors (Lipinski definition) is 3. The molecule has 0 radical (unpaired) electrons. The fourth-order valence-corrected chi connectivity index (χ4v) is 1.77. The van der Waals surface area contributed by atoms with Crippen molar-refractivity contribution in [2.75, 3.05) is 32.6 Å². The Bertz CT molecular complexity index is 479. The molecule has 0 fully saturated rings. The van der Waals surface area contributed by atoms with E-state index < -0.39 is 5.97 Å². The zero-order valence-electron chi connectivity index (χ0n) is 10.6. The summed E-state index contributed by atoms with van der Waals surface area (Å²) in [5.41, 5.74) is 0.664. The molecule has 0 saturated carbocycles. The maximum atomic E-state index is 11.8. The SMILES string of the molecule is COCCN(C)C(=O)Nc1ccc(C(=O)O)cc1Br. The molecule has 0 bridgehead atoms. The number of anilines is 1. The summed E-state index contributed by atoms with van der Waals surface area (Å²) in [7, 11) is 3.21. The van der Waals surface area contributed by atoms with E-state index in [2.05, 4.69) is 21.2 Å². The molecule has 0 atom stereocenters. The number of nitrogens with zero attached hydrogens (tertiary/aromatic N) is 1. The lowest BCUT2D eigenvalue weighted by Gasteiger charge is -2.18. The molecule has 1 rings (SSSR count). The molecule has 0 heterocycles. The second-order valence-electron chi connectivity index (χ2n) is 3.84. The molecule has 19 heavy (non-hydrogen) atoms. The van der Waals surface area contributed by atoms with Gasteiger partial charge in [-0.05, 0) is 34.1 Å². The van der Waals surface area contributed by atoms with Gasteiger partial charge in [-0.3, -0.25) is 0 Å². The average molecular weight is 331 g/mol. The van der Waals surface area contributed by atoms with E-state index in [1.165, 1.54) is 23.1 Å². The van der Waals surface area contributed by atoms with Gasteiger partial charge in [0, 0.05) is 25.2 Å². The maximum absolute atomic E-state index is 11.8. The molecule has 0 aliphatic rings. The van der Waals surface area contributed by atoms with Gasteiger partial charge in [-0.1, -0.05) is 0 Å². The zero-order valence-corrected chi connectivity index (χ0v) is 12.2. The van der Waals surface area contributed by atoms with E-state index in [9.17, 15) is 9.59 Å². The van der Waals surface area contributed by atoms with Gasteiger partial charge in [0.25, 0.3) is 0 Å². The molecule has 0 aliphatic carbocycles. The lowest BCUT2D eigenvalue weighted by Crippen LogP contribution is -2.33. The Morgan fingerprint density at radius 1 is 1.47 bits per heavy atom. The summed E-state index contributed by atoms with van der Waals surface area (Å²) in [6.45, 7) is 0.913. The molecule has 1 aromatic carbocycles. The molecule has 1 aromatic rings. The van der Waals surface area contributed by atoms with Gasteiger partial charge in [-0.2, -0.15) is 0 Å².